The Balaban J connectivity index is 1.80. The van der Waals surface area contributed by atoms with Crippen molar-refractivity contribution < 1.29 is 0 Å². The van der Waals surface area contributed by atoms with Gasteiger partial charge in [0, 0.05) is 24.1 Å². The molecule has 0 aliphatic carbocycles. The van der Waals surface area contributed by atoms with Crippen molar-refractivity contribution >= 4 is 11.8 Å². The second-order valence-electron chi connectivity index (χ2n) is 8.10. The standard InChI is InChI=1S/C25H29N3O2S/c1-19-6-8-20(9-7-19)23-18-24(29)27(17-16-26-14-4-3-5-15-26)25(30)28(23)21-10-12-22(31-2)13-11-21/h6-13,18H,3-5,14-17H2,1-2H3. The van der Waals surface area contributed by atoms with Crippen molar-refractivity contribution in [3.05, 3.63) is 81.0 Å². The van der Waals surface area contributed by atoms with Crippen LogP contribution in [0.3, 0.4) is 0 Å². The van der Waals surface area contributed by atoms with E-state index in [2.05, 4.69) is 4.90 Å². The molecule has 0 N–H and O–H groups in total. The first-order chi connectivity index (χ1) is 15.1. The highest BCUT2D eigenvalue weighted by molar-refractivity contribution is 7.98. The predicted molar refractivity (Wildman–Crippen MR) is 129 cm³/mol. The Morgan fingerprint density at radius 1 is 0.871 bits per heavy atom. The van der Waals surface area contributed by atoms with Gasteiger partial charge in [0.15, 0.2) is 0 Å². The van der Waals surface area contributed by atoms with E-state index in [1.54, 1.807) is 22.4 Å². The Morgan fingerprint density at radius 2 is 1.55 bits per heavy atom. The van der Waals surface area contributed by atoms with Crippen LogP contribution in [0.1, 0.15) is 24.8 Å². The van der Waals surface area contributed by atoms with E-state index in [1.807, 2.05) is 61.7 Å². The van der Waals surface area contributed by atoms with E-state index >= 15 is 0 Å². The third kappa shape index (κ3) is 4.86. The molecule has 1 aromatic heterocycles. The average molecular weight is 436 g/mol. The summed E-state index contributed by atoms with van der Waals surface area (Å²) in [6.45, 7) is 5.25. The third-order valence-corrected chi connectivity index (χ3v) is 6.70. The zero-order valence-electron chi connectivity index (χ0n) is 18.2. The van der Waals surface area contributed by atoms with Gasteiger partial charge in [0.05, 0.1) is 11.4 Å². The monoisotopic (exact) mass is 435 g/mol. The number of hydrogen-bond acceptors (Lipinski definition) is 4. The van der Waals surface area contributed by atoms with E-state index in [0.717, 1.165) is 41.3 Å². The summed E-state index contributed by atoms with van der Waals surface area (Å²) in [6.07, 6.45) is 5.67. The van der Waals surface area contributed by atoms with E-state index in [4.69, 9.17) is 0 Å². The number of piperidine rings is 1. The topological polar surface area (TPSA) is 47.2 Å². The molecule has 0 amide bonds. The minimum atomic E-state index is -0.281. The van der Waals surface area contributed by atoms with Gasteiger partial charge in [-0.25, -0.2) is 4.79 Å². The molecule has 2 aromatic carbocycles. The summed E-state index contributed by atoms with van der Waals surface area (Å²) in [7, 11) is 0. The van der Waals surface area contributed by atoms with E-state index < -0.39 is 0 Å². The summed E-state index contributed by atoms with van der Waals surface area (Å²) < 4.78 is 3.06. The molecule has 2 heterocycles. The molecule has 6 heteroatoms. The van der Waals surface area contributed by atoms with Crippen LogP contribution in [0.5, 0.6) is 0 Å². The highest BCUT2D eigenvalue weighted by atomic mass is 32.2. The zero-order chi connectivity index (χ0) is 21.8. The Bertz CT molecular complexity index is 1140. The van der Waals surface area contributed by atoms with Gasteiger partial charge in [-0.2, -0.15) is 0 Å². The molecule has 0 unspecified atom stereocenters. The lowest BCUT2D eigenvalue weighted by Gasteiger charge is -2.26. The molecule has 0 spiro atoms. The minimum absolute atomic E-state index is 0.241. The SMILES string of the molecule is CSc1ccc(-n2c(-c3ccc(C)cc3)cc(=O)n(CCN3CCCCC3)c2=O)cc1. The van der Waals surface area contributed by atoms with Crippen LogP contribution in [-0.2, 0) is 6.54 Å². The van der Waals surface area contributed by atoms with Gasteiger partial charge in [-0.15, -0.1) is 11.8 Å². The third-order valence-electron chi connectivity index (χ3n) is 5.96. The highest BCUT2D eigenvalue weighted by Gasteiger charge is 2.16. The second-order valence-corrected chi connectivity index (χ2v) is 8.98. The first-order valence-corrected chi connectivity index (χ1v) is 12.1. The van der Waals surface area contributed by atoms with Crippen molar-refractivity contribution in [2.75, 3.05) is 25.9 Å². The lowest BCUT2D eigenvalue weighted by Crippen LogP contribution is -2.43. The maximum Gasteiger partial charge on any atom is 0.336 e. The fourth-order valence-corrected chi connectivity index (χ4v) is 4.53. The van der Waals surface area contributed by atoms with Gasteiger partial charge < -0.3 is 4.90 Å². The van der Waals surface area contributed by atoms with Crippen molar-refractivity contribution in [1.82, 2.24) is 14.0 Å². The van der Waals surface area contributed by atoms with E-state index in [0.29, 0.717) is 12.2 Å². The van der Waals surface area contributed by atoms with Crippen molar-refractivity contribution in [3.63, 3.8) is 0 Å². The number of hydrogen-bond donors (Lipinski definition) is 0. The molecular weight excluding hydrogens is 406 g/mol. The van der Waals surface area contributed by atoms with Gasteiger partial charge in [0.1, 0.15) is 0 Å². The Morgan fingerprint density at radius 3 is 2.19 bits per heavy atom. The molecule has 0 saturated carbocycles. The Kier molecular flexibility index (Phi) is 6.78. The van der Waals surface area contributed by atoms with Gasteiger partial charge in [-0.3, -0.25) is 13.9 Å². The van der Waals surface area contributed by atoms with Crippen LogP contribution < -0.4 is 11.2 Å². The van der Waals surface area contributed by atoms with Crippen LogP contribution >= 0.6 is 11.8 Å². The molecule has 1 saturated heterocycles. The quantitative estimate of drug-likeness (QED) is 0.545. The van der Waals surface area contributed by atoms with Gasteiger partial charge in [0.25, 0.3) is 5.56 Å². The van der Waals surface area contributed by atoms with E-state index in [1.165, 1.54) is 23.8 Å². The summed E-state index contributed by atoms with van der Waals surface area (Å²) in [4.78, 5) is 30.0. The molecule has 3 aromatic rings. The lowest BCUT2D eigenvalue weighted by molar-refractivity contribution is 0.218. The molecule has 31 heavy (non-hydrogen) atoms. The lowest BCUT2D eigenvalue weighted by atomic mass is 10.1. The second kappa shape index (κ2) is 9.71. The Hall–Kier alpha value is -2.57. The number of likely N-dealkylation sites (tertiary alicyclic amines) is 1. The first kappa shape index (κ1) is 21.7. The number of aryl methyl sites for hydroxylation is 1. The smallest absolute Gasteiger partial charge is 0.302 e. The molecule has 1 aliphatic rings. The minimum Gasteiger partial charge on any atom is -0.302 e. The first-order valence-electron chi connectivity index (χ1n) is 10.9. The van der Waals surface area contributed by atoms with Gasteiger partial charge >= 0.3 is 5.69 Å². The highest BCUT2D eigenvalue weighted by Crippen LogP contribution is 2.22. The van der Waals surface area contributed by atoms with Crippen LogP contribution in [0.15, 0.2) is 69.1 Å². The number of benzene rings is 2. The maximum atomic E-state index is 13.6. The molecule has 1 fully saturated rings. The van der Waals surface area contributed by atoms with Crippen LogP contribution in [0.25, 0.3) is 16.9 Å². The van der Waals surface area contributed by atoms with Crippen molar-refractivity contribution in [3.8, 4) is 16.9 Å². The summed E-state index contributed by atoms with van der Waals surface area (Å²) in [5.74, 6) is 0. The summed E-state index contributed by atoms with van der Waals surface area (Å²) in [6, 6.07) is 17.5. The fourth-order valence-electron chi connectivity index (χ4n) is 4.13. The molecule has 0 radical (unpaired) electrons. The largest absolute Gasteiger partial charge is 0.336 e. The normalized spacial score (nSPS) is 14.6. The van der Waals surface area contributed by atoms with Crippen molar-refractivity contribution in [1.29, 1.82) is 0 Å². The predicted octanol–water partition coefficient (Wildman–Crippen LogP) is 4.18. The number of aromatic nitrogens is 2. The average Bonchev–Trinajstić information content (AvgIpc) is 2.80. The molecule has 1 aliphatic heterocycles. The van der Waals surface area contributed by atoms with Crippen LogP contribution in [0.4, 0.5) is 0 Å². The van der Waals surface area contributed by atoms with E-state index in [9.17, 15) is 9.59 Å². The van der Waals surface area contributed by atoms with E-state index in [-0.39, 0.29) is 11.2 Å². The molecule has 5 nitrogen and oxygen atoms in total. The summed E-state index contributed by atoms with van der Waals surface area (Å²) in [5, 5.41) is 0. The number of nitrogens with zero attached hydrogens (tertiary/aromatic N) is 3. The van der Waals surface area contributed by atoms with Crippen molar-refractivity contribution in [2.45, 2.75) is 37.6 Å². The summed E-state index contributed by atoms with van der Waals surface area (Å²) >= 11 is 1.66. The van der Waals surface area contributed by atoms with Crippen molar-refractivity contribution in [2.24, 2.45) is 0 Å². The molecular formula is C25H29N3O2S. The van der Waals surface area contributed by atoms with Crippen LogP contribution in [0.2, 0.25) is 0 Å². The zero-order valence-corrected chi connectivity index (χ0v) is 19.0. The summed E-state index contributed by atoms with van der Waals surface area (Å²) in [5.41, 5.74) is 2.87. The van der Waals surface area contributed by atoms with Gasteiger partial charge in [-0.05, 0) is 68.9 Å². The van der Waals surface area contributed by atoms with Crippen LogP contribution in [-0.4, -0.2) is 39.9 Å². The fraction of sp³-hybridized carbons (Fsp3) is 0.360. The molecule has 0 bridgehead atoms. The molecule has 4 rings (SSSR count). The maximum absolute atomic E-state index is 13.6. The Labute approximate surface area is 187 Å². The molecule has 162 valence electrons. The van der Waals surface area contributed by atoms with Gasteiger partial charge in [-0.1, -0.05) is 36.2 Å². The number of thioether (sulfide) groups is 1. The number of rotatable bonds is 6. The van der Waals surface area contributed by atoms with Gasteiger partial charge in [0.2, 0.25) is 0 Å². The van der Waals surface area contributed by atoms with Crippen LogP contribution in [0, 0.1) is 6.92 Å². The molecule has 0 atom stereocenters.